The van der Waals surface area contributed by atoms with E-state index in [2.05, 4.69) is 0 Å². The summed E-state index contributed by atoms with van der Waals surface area (Å²) in [5.41, 5.74) is 1.03. The van der Waals surface area contributed by atoms with Gasteiger partial charge in [0.05, 0.1) is 11.0 Å². The summed E-state index contributed by atoms with van der Waals surface area (Å²) in [5.74, 6) is 0.680. The fraction of sp³-hybridized carbons (Fsp3) is 0.538. The maximum atomic E-state index is 11.6. The van der Waals surface area contributed by atoms with Gasteiger partial charge in [-0.15, -0.1) is 0 Å². The second-order valence-corrected chi connectivity index (χ2v) is 7.06. The number of aliphatic hydroxyl groups is 1. The van der Waals surface area contributed by atoms with Gasteiger partial charge in [-0.25, -0.2) is 8.42 Å². The molecule has 0 saturated heterocycles. The summed E-state index contributed by atoms with van der Waals surface area (Å²) in [6.45, 7) is 3.62. The quantitative estimate of drug-likeness (QED) is 0.815. The Kier molecular flexibility index (Phi) is 5.62. The van der Waals surface area contributed by atoms with Gasteiger partial charge in [-0.05, 0) is 38.0 Å². The lowest BCUT2D eigenvalue weighted by atomic mass is 10.1. The van der Waals surface area contributed by atoms with Crippen molar-refractivity contribution in [1.82, 2.24) is 0 Å². The third kappa shape index (κ3) is 4.66. The second-order valence-electron chi connectivity index (χ2n) is 4.38. The van der Waals surface area contributed by atoms with E-state index in [4.69, 9.17) is 9.84 Å². The van der Waals surface area contributed by atoms with Crippen LogP contribution in [0.3, 0.4) is 0 Å². The van der Waals surface area contributed by atoms with Gasteiger partial charge in [0.2, 0.25) is 0 Å². The van der Waals surface area contributed by atoms with Gasteiger partial charge < -0.3 is 9.84 Å². The standard InChI is InChI=1S/C13H20O4S/c1-11(2)18(15,16)10-9-17-13-5-3-12(4-6-13)7-8-14/h3-6,11,14H,7-10H2,1-2H3. The lowest BCUT2D eigenvalue weighted by Crippen LogP contribution is -2.22. The normalized spacial score (nSPS) is 11.8. The molecule has 0 unspecified atom stereocenters. The maximum absolute atomic E-state index is 11.6. The van der Waals surface area contributed by atoms with Crippen molar-refractivity contribution in [3.63, 3.8) is 0 Å². The highest BCUT2D eigenvalue weighted by atomic mass is 32.2. The zero-order valence-corrected chi connectivity index (χ0v) is 11.6. The first-order chi connectivity index (χ1) is 8.45. The molecule has 0 aromatic heterocycles. The van der Waals surface area contributed by atoms with Crippen molar-refractivity contribution >= 4 is 9.84 Å². The van der Waals surface area contributed by atoms with Crippen molar-refractivity contribution in [2.45, 2.75) is 25.5 Å². The lowest BCUT2D eigenvalue weighted by Gasteiger charge is -2.09. The van der Waals surface area contributed by atoms with Crippen LogP contribution in [0.1, 0.15) is 19.4 Å². The number of aliphatic hydroxyl groups excluding tert-OH is 1. The highest BCUT2D eigenvalue weighted by molar-refractivity contribution is 7.91. The molecule has 0 amide bonds. The van der Waals surface area contributed by atoms with E-state index < -0.39 is 9.84 Å². The number of benzene rings is 1. The van der Waals surface area contributed by atoms with Crippen molar-refractivity contribution in [3.05, 3.63) is 29.8 Å². The van der Waals surface area contributed by atoms with Crippen molar-refractivity contribution in [3.8, 4) is 5.75 Å². The Balaban J connectivity index is 2.45. The molecule has 0 aliphatic carbocycles. The van der Waals surface area contributed by atoms with Crippen LogP contribution < -0.4 is 4.74 Å². The molecule has 0 radical (unpaired) electrons. The fourth-order valence-corrected chi connectivity index (χ4v) is 2.18. The number of hydrogen-bond acceptors (Lipinski definition) is 4. The minimum Gasteiger partial charge on any atom is -0.493 e. The molecular formula is C13H20O4S. The number of hydrogen-bond donors (Lipinski definition) is 1. The van der Waals surface area contributed by atoms with Crippen molar-refractivity contribution in [2.75, 3.05) is 19.0 Å². The third-order valence-electron chi connectivity index (χ3n) is 2.68. The first kappa shape index (κ1) is 15.0. The van der Waals surface area contributed by atoms with Gasteiger partial charge in [0.1, 0.15) is 12.4 Å². The highest BCUT2D eigenvalue weighted by Crippen LogP contribution is 2.13. The Bertz CT molecular complexity index is 448. The summed E-state index contributed by atoms with van der Waals surface area (Å²) in [4.78, 5) is 0. The molecule has 0 saturated carbocycles. The Morgan fingerprint density at radius 1 is 1.22 bits per heavy atom. The summed E-state index contributed by atoms with van der Waals surface area (Å²) < 4.78 is 28.5. The van der Waals surface area contributed by atoms with Crippen LogP contribution in [0, 0.1) is 0 Å². The van der Waals surface area contributed by atoms with Crippen molar-refractivity contribution in [2.24, 2.45) is 0 Å². The van der Waals surface area contributed by atoms with Crippen LogP contribution in [-0.4, -0.2) is 37.7 Å². The molecule has 1 rings (SSSR count). The zero-order chi connectivity index (χ0) is 13.6. The molecule has 1 aromatic rings. The van der Waals surface area contributed by atoms with E-state index in [9.17, 15) is 8.42 Å². The van der Waals surface area contributed by atoms with Crippen LogP contribution >= 0.6 is 0 Å². The number of ether oxygens (including phenoxy) is 1. The van der Waals surface area contributed by atoms with E-state index in [0.29, 0.717) is 12.2 Å². The Labute approximate surface area is 109 Å². The van der Waals surface area contributed by atoms with Gasteiger partial charge >= 0.3 is 0 Å². The van der Waals surface area contributed by atoms with Gasteiger partial charge in [0.15, 0.2) is 9.84 Å². The number of rotatable bonds is 7. The topological polar surface area (TPSA) is 63.6 Å². The van der Waals surface area contributed by atoms with Crippen LogP contribution in [0.15, 0.2) is 24.3 Å². The van der Waals surface area contributed by atoms with Crippen molar-refractivity contribution in [1.29, 1.82) is 0 Å². The summed E-state index contributed by atoms with van der Waals surface area (Å²) in [5, 5.41) is 8.41. The number of sulfone groups is 1. The van der Waals surface area contributed by atoms with E-state index in [1.54, 1.807) is 26.0 Å². The Morgan fingerprint density at radius 2 is 1.83 bits per heavy atom. The van der Waals surface area contributed by atoms with Crippen LogP contribution in [0.4, 0.5) is 0 Å². The van der Waals surface area contributed by atoms with Crippen LogP contribution in [0.2, 0.25) is 0 Å². The molecule has 0 bridgehead atoms. The maximum Gasteiger partial charge on any atom is 0.155 e. The molecule has 0 fully saturated rings. The van der Waals surface area contributed by atoms with E-state index in [0.717, 1.165) is 5.56 Å². The van der Waals surface area contributed by atoms with Gasteiger partial charge in [0, 0.05) is 6.61 Å². The zero-order valence-electron chi connectivity index (χ0n) is 10.8. The molecule has 0 spiro atoms. The minimum atomic E-state index is -3.04. The molecule has 102 valence electrons. The predicted octanol–water partition coefficient (Wildman–Crippen LogP) is 1.42. The Morgan fingerprint density at radius 3 is 2.33 bits per heavy atom. The average molecular weight is 272 g/mol. The largest absolute Gasteiger partial charge is 0.493 e. The van der Waals surface area contributed by atoms with Gasteiger partial charge in [-0.2, -0.15) is 0 Å². The smallest absolute Gasteiger partial charge is 0.155 e. The van der Waals surface area contributed by atoms with E-state index in [1.807, 2.05) is 12.1 Å². The Hall–Kier alpha value is -1.07. The van der Waals surface area contributed by atoms with E-state index >= 15 is 0 Å². The molecule has 18 heavy (non-hydrogen) atoms. The van der Waals surface area contributed by atoms with E-state index in [-0.39, 0.29) is 24.2 Å². The SMILES string of the molecule is CC(C)S(=O)(=O)CCOc1ccc(CCO)cc1. The first-order valence-electron chi connectivity index (χ1n) is 6.00. The molecule has 1 N–H and O–H groups in total. The summed E-state index contributed by atoms with van der Waals surface area (Å²) in [7, 11) is -3.04. The summed E-state index contributed by atoms with van der Waals surface area (Å²) >= 11 is 0. The molecule has 1 aromatic carbocycles. The monoisotopic (exact) mass is 272 g/mol. The molecule has 0 aliphatic heterocycles. The summed E-state index contributed by atoms with van der Waals surface area (Å²) in [6, 6.07) is 7.30. The highest BCUT2D eigenvalue weighted by Gasteiger charge is 2.15. The van der Waals surface area contributed by atoms with Gasteiger partial charge in [0.25, 0.3) is 0 Å². The van der Waals surface area contributed by atoms with Crippen LogP contribution in [-0.2, 0) is 16.3 Å². The third-order valence-corrected chi connectivity index (χ3v) is 4.85. The molecule has 0 aliphatic rings. The minimum absolute atomic E-state index is 0.0308. The molecule has 0 atom stereocenters. The summed E-state index contributed by atoms with van der Waals surface area (Å²) in [6.07, 6.45) is 0.613. The molecular weight excluding hydrogens is 252 g/mol. The van der Waals surface area contributed by atoms with Crippen LogP contribution in [0.25, 0.3) is 0 Å². The molecule has 0 heterocycles. The van der Waals surface area contributed by atoms with Gasteiger partial charge in [-0.1, -0.05) is 12.1 Å². The average Bonchev–Trinajstić information content (AvgIpc) is 2.31. The second kappa shape index (κ2) is 6.75. The molecule has 5 heteroatoms. The predicted molar refractivity (Wildman–Crippen MR) is 71.6 cm³/mol. The van der Waals surface area contributed by atoms with Crippen LogP contribution in [0.5, 0.6) is 5.75 Å². The van der Waals surface area contributed by atoms with Gasteiger partial charge in [-0.3, -0.25) is 0 Å². The van der Waals surface area contributed by atoms with E-state index in [1.165, 1.54) is 0 Å². The van der Waals surface area contributed by atoms with Crippen molar-refractivity contribution < 1.29 is 18.3 Å². The first-order valence-corrected chi connectivity index (χ1v) is 7.71. The lowest BCUT2D eigenvalue weighted by molar-refractivity contribution is 0.299. The fourth-order valence-electron chi connectivity index (χ4n) is 1.39. The molecule has 4 nitrogen and oxygen atoms in total.